The van der Waals surface area contributed by atoms with Crippen molar-refractivity contribution in [1.82, 2.24) is 4.90 Å². The van der Waals surface area contributed by atoms with Gasteiger partial charge in [0.1, 0.15) is 4.90 Å². The molecule has 0 bridgehead atoms. The number of primary sulfonamides is 1. The Balaban J connectivity index is 1.78. The van der Waals surface area contributed by atoms with E-state index >= 15 is 0 Å². The number of nitrogens with zero attached hydrogens (tertiary/aromatic N) is 1. The Morgan fingerprint density at radius 1 is 0.938 bits per heavy atom. The molecule has 0 saturated carbocycles. The van der Waals surface area contributed by atoms with Crippen molar-refractivity contribution in [3.8, 4) is 0 Å². The molecule has 0 amide bonds. The van der Waals surface area contributed by atoms with E-state index in [-0.39, 0.29) is 16.6 Å². The normalized spacial score (nSPS) is 13.8. The molecule has 0 aromatic heterocycles. The predicted octanol–water partition coefficient (Wildman–Crippen LogP) is 3.47. The van der Waals surface area contributed by atoms with E-state index in [1.165, 1.54) is 17.7 Å². The van der Waals surface area contributed by atoms with Crippen molar-refractivity contribution in [1.29, 1.82) is 0 Å². The SMILES string of the molecule is CC(CCc1ccccc1)N(Cc1ccccc1)CC(O)c1ccc(N)c(S(N)(=O)=O)c1. The summed E-state index contributed by atoms with van der Waals surface area (Å²) in [6.07, 6.45) is 0.966. The lowest BCUT2D eigenvalue weighted by Crippen LogP contribution is -2.36. The summed E-state index contributed by atoms with van der Waals surface area (Å²) in [5, 5.41) is 16.2. The van der Waals surface area contributed by atoms with Gasteiger partial charge in [-0.05, 0) is 48.6 Å². The van der Waals surface area contributed by atoms with Crippen LogP contribution in [0.2, 0.25) is 0 Å². The van der Waals surface area contributed by atoms with Crippen LogP contribution in [0.25, 0.3) is 0 Å². The molecule has 0 saturated heterocycles. The van der Waals surface area contributed by atoms with Crippen LogP contribution < -0.4 is 10.9 Å². The van der Waals surface area contributed by atoms with Gasteiger partial charge in [0.2, 0.25) is 10.0 Å². The number of rotatable bonds is 10. The molecule has 7 heteroatoms. The number of nitrogens with two attached hydrogens (primary N) is 2. The van der Waals surface area contributed by atoms with Crippen LogP contribution in [-0.4, -0.2) is 31.0 Å². The number of benzene rings is 3. The van der Waals surface area contributed by atoms with Crippen molar-refractivity contribution in [2.75, 3.05) is 12.3 Å². The number of aryl methyl sites for hydroxylation is 1. The Hall–Kier alpha value is -2.71. The van der Waals surface area contributed by atoms with E-state index in [0.29, 0.717) is 18.7 Å². The minimum atomic E-state index is -3.97. The topological polar surface area (TPSA) is 110 Å². The van der Waals surface area contributed by atoms with E-state index < -0.39 is 16.1 Å². The lowest BCUT2D eigenvalue weighted by atomic mass is 10.0. The van der Waals surface area contributed by atoms with E-state index in [1.54, 1.807) is 6.07 Å². The zero-order valence-corrected chi connectivity index (χ0v) is 19.1. The maximum absolute atomic E-state index is 11.8. The number of nitrogen functional groups attached to an aromatic ring is 1. The monoisotopic (exact) mass is 453 g/mol. The molecule has 0 radical (unpaired) electrons. The average molecular weight is 454 g/mol. The van der Waals surface area contributed by atoms with Crippen molar-refractivity contribution in [2.45, 2.75) is 43.4 Å². The van der Waals surface area contributed by atoms with Gasteiger partial charge in [0.05, 0.1) is 11.8 Å². The highest BCUT2D eigenvalue weighted by Crippen LogP contribution is 2.25. The molecule has 3 rings (SSSR count). The maximum Gasteiger partial charge on any atom is 0.240 e. The van der Waals surface area contributed by atoms with Crippen LogP contribution in [0, 0.1) is 0 Å². The first-order valence-electron chi connectivity index (χ1n) is 10.7. The second kappa shape index (κ2) is 10.7. The Kier molecular flexibility index (Phi) is 8.04. The summed E-state index contributed by atoms with van der Waals surface area (Å²) in [4.78, 5) is 2.05. The van der Waals surface area contributed by atoms with Gasteiger partial charge in [0.25, 0.3) is 0 Å². The quantitative estimate of drug-likeness (QED) is 0.407. The second-order valence-electron chi connectivity index (χ2n) is 8.15. The summed E-state index contributed by atoms with van der Waals surface area (Å²) in [7, 11) is -3.97. The average Bonchev–Trinajstić information content (AvgIpc) is 2.78. The summed E-state index contributed by atoms with van der Waals surface area (Å²) < 4.78 is 23.7. The molecule has 32 heavy (non-hydrogen) atoms. The molecule has 6 nitrogen and oxygen atoms in total. The molecule has 0 aliphatic heterocycles. The number of aliphatic hydroxyl groups excluding tert-OH is 1. The van der Waals surface area contributed by atoms with Gasteiger partial charge in [0, 0.05) is 19.1 Å². The van der Waals surface area contributed by atoms with Crippen LogP contribution in [0.3, 0.4) is 0 Å². The third-order valence-electron chi connectivity index (χ3n) is 5.68. The zero-order chi connectivity index (χ0) is 23.1. The fraction of sp³-hybridized carbons (Fsp3) is 0.280. The molecule has 0 aliphatic rings. The van der Waals surface area contributed by atoms with E-state index in [2.05, 4.69) is 36.1 Å². The predicted molar refractivity (Wildman–Crippen MR) is 128 cm³/mol. The van der Waals surface area contributed by atoms with Gasteiger partial charge >= 0.3 is 0 Å². The highest BCUT2D eigenvalue weighted by molar-refractivity contribution is 7.89. The molecule has 2 atom stereocenters. The Labute approximate surface area is 190 Å². The van der Waals surface area contributed by atoms with Gasteiger partial charge in [-0.15, -0.1) is 0 Å². The van der Waals surface area contributed by atoms with Gasteiger partial charge in [-0.1, -0.05) is 66.7 Å². The number of aliphatic hydroxyl groups is 1. The summed E-state index contributed by atoms with van der Waals surface area (Å²) in [5.74, 6) is 0. The number of sulfonamides is 1. The van der Waals surface area contributed by atoms with Crippen LogP contribution in [-0.2, 0) is 23.0 Å². The first-order valence-corrected chi connectivity index (χ1v) is 12.2. The first-order chi connectivity index (χ1) is 15.2. The van der Waals surface area contributed by atoms with Gasteiger partial charge in [-0.2, -0.15) is 0 Å². The van der Waals surface area contributed by atoms with E-state index in [4.69, 9.17) is 10.9 Å². The standard InChI is InChI=1S/C25H31N3O3S/c1-19(12-13-20-8-4-2-5-9-20)28(17-21-10-6-3-7-11-21)18-24(29)22-14-15-23(26)25(16-22)32(27,30)31/h2-11,14-16,19,24,29H,12-13,17-18,26H2,1H3,(H2,27,30,31). The van der Waals surface area contributed by atoms with Gasteiger partial charge in [-0.3, -0.25) is 4.90 Å². The van der Waals surface area contributed by atoms with Gasteiger partial charge in [0.15, 0.2) is 0 Å². The van der Waals surface area contributed by atoms with Crippen LogP contribution in [0.15, 0.2) is 83.8 Å². The minimum absolute atomic E-state index is 0.0702. The van der Waals surface area contributed by atoms with Crippen molar-refractivity contribution >= 4 is 15.7 Å². The highest BCUT2D eigenvalue weighted by Gasteiger charge is 2.21. The van der Waals surface area contributed by atoms with Crippen molar-refractivity contribution in [3.63, 3.8) is 0 Å². The number of anilines is 1. The molecule has 0 aliphatic carbocycles. The Morgan fingerprint density at radius 2 is 1.53 bits per heavy atom. The van der Waals surface area contributed by atoms with Crippen LogP contribution in [0.1, 0.15) is 36.1 Å². The molecule has 2 unspecified atom stereocenters. The third kappa shape index (κ3) is 6.64. The first kappa shape index (κ1) is 23.9. The number of hydrogen-bond acceptors (Lipinski definition) is 5. The number of hydrogen-bond donors (Lipinski definition) is 3. The molecule has 3 aromatic rings. The Morgan fingerprint density at radius 3 is 2.12 bits per heavy atom. The second-order valence-corrected chi connectivity index (χ2v) is 9.68. The fourth-order valence-corrected chi connectivity index (χ4v) is 4.45. The summed E-state index contributed by atoms with van der Waals surface area (Å²) in [6, 6.07) is 25.1. The summed E-state index contributed by atoms with van der Waals surface area (Å²) in [5.41, 5.74) is 8.73. The summed E-state index contributed by atoms with van der Waals surface area (Å²) in [6.45, 7) is 3.17. The van der Waals surface area contributed by atoms with Crippen LogP contribution in [0.5, 0.6) is 0 Å². The van der Waals surface area contributed by atoms with Gasteiger partial charge < -0.3 is 10.8 Å². The molecule has 3 aromatic carbocycles. The molecule has 170 valence electrons. The van der Waals surface area contributed by atoms with E-state index in [1.807, 2.05) is 36.4 Å². The minimum Gasteiger partial charge on any atom is -0.398 e. The molecule has 0 heterocycles. The lowest BCUT2D eigenvalue weighted by molar-refractivity contribution is 0.0833. The van der Waals surface area contributed by atoms with E-state index in [0.717, 1.165) is 18.4 Å². The molecule has 5 N–H and O–H groups in total. The zero-order valence-electron chi connectivity index (χ0n) is 18.3. The van der Waals surface area contributed by atoms with Gasteiger partial charge in [-0.25, -0.2) is 13.6 Å². The highest BCUT2D eigenvalue weighted by atomic mass is 32.2. The van der Waals surface area contributed by atoms with Crippen molar-refractivity contribution < 1.29 is 13.5 Å². The molecular formula is C25H31N3O3S. The van der Waals surface area contributed by atoms with Crippen molar-refractivity contribution in [3.05, 3.63) is 95.6 Å². The van der Waals surface area contributed by atoms with Crippen LogP contribution >= 0.6 is 0 Å². The lowest BCUT2D eigenvalue weighted by Gasteiger charge is -2.31. The molecular weight excluding hydrogens is 422 g/mol. The third-order valence-corrected chi connectivity index (χ3v) is 6.65. The fourth-order valence-electron chi connectivity index (χ4n) is 3.75. The maximum atomic E-state index is 11.8. The smallest absolute Gasteiger partial charge is 0.240 e. The molecule has 0 fully saturated rings. The molecule has 0 spiro atoms. The largest absolute Gasteiger partial charge is 0.398 e. The van der Waals surface area contributed by atoms with Crippen molar-refractivity contribution in [2.24, 2.45) is 5.14 Å². The van der Waals surface area contributed by atoms with E-state index in [9.17, 15) is 13.5 Å². The Bertz CT molecular complexity index is 1110. The van der Waals surface area contributed by atoms with Crippen LogP contribution in [0.4, 0.5) is 5.69 Å². The summed E-state index contributed by atoms with van der Waals surface area (Å²) >= 11 is 0.